The minimum absolute atomic E-state index is 0.0789. The highest BCUT2D eigenvalue weighted by atomic mass is 16.3. The maximum absolute atomic E-state index is 11.5. The summed E-state index contributed by atoms with van der Waals surface area (Å²) in [4.78, 5) is 18.4. The van der Waals surface area contributed by atoms with Crippen molar-refractivity contribution in [2.45, 2.75) is 39.2 Å². The number of hydrogen-bond acceptors (Lipinski definition) is 4. The normalized spacial score (nSPS) is 16.7. The Labute approximate surface area is 156 Å². The van der Waals surface area contributed by atoms with Crippen LogP contribution in [0.3, 0.4) is 0 Å². The molecule has 0 aromatic carbocycles. The molecule has 2 heterocycles. The van der Waals surface area contributed by atoms with Gasteiger partial charge in [0.05, 0.1) is 12.8 Å². The van der Waals surface area contributed by atoms with E-state index in [0.29, 0.717) is 18.5 Å². The summed E-state index contributed by atoms with van der Waals surface area (Å²) >= 11 is 0. The average molecular weight is 364 g/mol. The molecule has 0 atom stereocenters. The Morgan fingerprint density at radius 2 is 2.15 bits per heavy atom. The molecule has 1 saturated heterocycles. The molecule has 2 rings (SSSR count). The number of amides is 1. The van der Waals surface area contributed by atoms with Crippen molar-refractivity contribution in [2.75, 3.05) is 39.8 Å². The predicted molar refractivity (Wildman–Crippen MR) is 104 cm³/mol. The number of nitrogens with one attached hydrogen (secondary N) is 3. The molecule has 7 nitrogen and oxygen atoms in total. The molecule has 3 N–H and O–H groups in total. The standard InChI is InChI=1S/C19H33N5O2/c1-15(2)13-22-19(21-9-6-17-5-4-12-26-17)23-16-7-10-24(11-8-16)14-18(25)20-3/h4-5,12,15-16H,6-11,13-14H2,1-3H3,(H,20,25)(H2,21,22,23). The van der Waals surface area contributed by atoms with Crippen molar-refractivity contribution in [1.82, 2.24) is 20.9 Å². The molecule has 0 aliphatic carbocycles. The lowest BCUT2D eigenvalue weighted by atomic mass is 10.1. The summed E-state index contributed by atoms with van der Waals surface area (Å²) in [5.74, 6) is 2.45. The number of carbonyl (C=O) groups is 1. The number of hydrogen-bond donors (Lipinski definition) is 3. The van der Waals surface area contributed by atoms with E-state index in [9.17, 15) is 4.79 Å². The highest BCUT2D eigenvalue weighted by Crippen LogP contribution is 2.10. The Morgan fingerprint density at radius 1 is 1.38 bits per heavy atom. The predicted octanol–water partition coefficient (Wildman–Crippen LogP) is 1.22. The summed E-state index contributed by atoms with van der Waals surface area (Å²) in [6, 6.07) is 4.29. The zero-order valence-corrected chi connectivity index (χ0v) is 16.3. The lowest BCUT2D eigenvalue weighted by Gasteiger charge is -2.32. The van der Waals surface area contributed by atoms with Crippen LogP contribution in [0, 0.1) is 5.92 Å². The molecule has 0 bridgehead atoms. The SMILES string of the molecule is CNC(=O)CN1CCC(NC(=NCC(C)C)NCCc2ccco2)CC1. The second-order valence-electron chi connectivity index (χ2n) is 7.21. The van der Waals surface area contributed by atoms with Gasteiger partial charge in [0.2, 0.25) is 5.91 Å². The highest BCUT2D eigenvalue weighted by molar-refractivity contribution is 5.80. The molecule has 0 saturated carbocycles. The quantitative estimate of drug-likeness (QED) is 0.478. The molecule has 1 aliphatic heterocycles. The Bertz CT molecular complexity index is 548. The third-order valence-corrected chi connectivity index (χ3v) is 4.43. The highest BCUT2D eigenvalue weighted by Gasteiger charge is 2.21. The summed E-state index contributed by atoms with van der Waals surface area (Å²) < 4.78 is 5.38. The smallest absolute Gasteiger partial charge is 0.233 e. The number of likely N-dealkylation sites (N-methyl/N-ethyl adjacent to an activating group) is 1. The number of furan rings is 1. The molecule has 26 heavy (non-hydrogen) atoms. The summed E-state index contributed by atoms with van der Waals surface area (Å²) in [7, 11) is 1.68. The third kappa shape index (κ3) is 7.47. The molecule has 0 radical (unpaired) electrons. The Hall–Kier alpha value is -2.02. The van der Waals surface area contributed by atoms with Crippen molar-refractivity contribution in [3.8, 4) is 0 Å². The molecule has 0 unspecified atom stereocenters. The largest absolute Gasteiger partial charge is 0.469 e. The van der Waals surface area contributed by atoms with Gasteiger partial charge in [-0.2, -0.15) is 0 Å². The van der Waals surface area contributed by atoms with Gasteiger partial charge in [0.15, 0.2) is 5.96 Å². The van der Waals surface area contributed by atoms with Crippen LogP contribution in [0.5, 0.6) is 0 Å². The van der Waals surface area contributed by atoms with Crippen molar-refractivity contribution in [1.29, 1.82) is 0 Å². The second kappa shape index (κ2) is 10.9. The first-order valence-electron chi connectivity index (χ1n) is 9.57. The van der Waals surface area contributed by atoms with Gasteiger partial charge in [-0.1, -0.05) is 13.8 Å². The van der Waals surface area contributed by atoms with Gasteiger partial charge in [-0.25, -0.2) is 0 Å². The first-order chi connectivity index (χ1) is 12.6. The molecule has 1 aromatic rings. The molecule has 1 aromatic heterocycles. The number of guanidine groups is 1. The van der Waals surface area contributed by atoms with Crippen molar-refractivity contribution in [3.63, 3.8) is 0 Å². The van der Waals surface area contributed by atoms with Crippen LogP contribution in [-0.2, 0) is 11.2 Å². The van der Waals surface area contributed by atoms with Gasteiger partial charge in [0.25, 0.3) is 0 Å². The van der Waals surface area contributed by atoms with E-state index in [-0.39, 0.29) is 5.91 Å². The molecular formula is C19H33N5O2. The minimum atomic E-state index is 0.0789. The maximum atomic E-state index is 11.5. The van der Waals surface area contributed by atoms with Gasteiger partial charge in [0, 0.05) is 45.7 Å². The van der Waals surface area contributed by atoms with Crippen LogP contribution in [0.25, 0.3) is 0 Å². The number of piperidine rings is 1. The van der Waals surface area contributed by atoms with Crippen LogP contribution in [0.2, 0.25) is 0 Å². The fourth-order valence-corrected chi connectivity index (χ4v) is 2.90. The number of rotatable bonds is 8. The van der Waals surface area contributed by atoms with Crippen LogP contribution >= 0.6 is 0 Å². The van der Waals surface area contributed by atoms with Gasteiger partial charge in [0.1, 0.15) is 5.76 Å². The first kappa shape index (κ1) is 20.3. The van der Waals surface area contributed by atoms with E-state index in [0.717, 1.165) is 57.2 Å². The number of aliphatic imine (C=N–C) groups is 1. The van der Waals surface area contributed by atoms with Crippen molar-refractivity contribution in [3.05, 3.63) is 24.2 Å². The molecular weight excluding hydrogens is 330 g/mol. The van der Waals surface area contributed by atoms with E-state index in [1.165, 1.54) is 0 Å². The van der Waals surface area contributed by atoms with E-state index in [1.54, 1.807) is 13.3 Å². The molecule has 1 amide bonds. The zero-order chi connectivity index (χ0) is 18.8. The lowest BCUT2D eigenvalue weighted by molar-refractivity contribution is -0.122. The van der Waals surface area contributed by atoms with E-state index < -0.39 is 0 Å². The summed E-state index contributed by atoms with van der Waals surface area (Å²) in [5.41, 5.74) is 0. The molecule has 146 valence electrons. The van der Waals surface area contributed by atoms with Gasteiger partial charge in [-0.05, 0) is 30.9 Å². The fraction of sp³-hybridized carbons (Fsp3) is 0.684. The van der Waals surface area contributed by atoms with Crippen molar-refractivity contribution < 1.29 is 9.21 Å². The molecule has 7 heteroatoms. The number of likely N-dealkylation sites (tertiary alicyclic amines) is 1. The van der Waals surface area contributed by atoms with E-state index >= 15 is 0 Å². The lowest BCUT2D eigenvalue weighted by Crippen LogP contribution is -2.50. The van der Waals surface area contributed by atoms with E-state index in [1.807, 2.05) is 12.1 Å². The van der Waals surface area contributed by atoms with E-state index in [4.69, 9.17) is 9.41 Å². The van der Waals surface area contributed by atoms with Crippen LogP contribution in [0.1, 0.15) is 32.4 Å². The molecule has 0 spiro atoms. The van der Waals surface area contributed by atoms with Crippen LogP contribution < -0.4 is 16.0 Å². The van der Waals surface area contributed by atoms with Crippen LogP contribution in [0.15, 0.2) is 27.8 Å². The minimum Gasteiger partial charge on any atom is -0.469 e. The van der Waals surface area contributed by atoms with Gasteiger partial charge in [-0.15, -0.1) is 0 Å². The maximum Gasteiger partial charge on any atom is 0.233 e. The van der Waals surface area contributed by atoms with Crippen LogP contribution in [0.4, 0.5) is 0 Å². The zero-order valence-electron chi connectivity index (χ0n) is 16.3. The summed E-state index contributed by atoms with van der Waals surface area (Å²) in [6.07, 6.45) is 4.56. The van der Waals surface area contributed by atoms with Gasteiger partial charge in [-0.3, -0.25) is 14.7 Å². The fourth-order valence-electron chi connectivity index (χ4n) is 2.90. The van der Waals surface area contributed by atoms with Crippen LogP contribution in [-0.4, -0.2) is 62.6 Å². The topological polar surface area (TPSA) is 81.9 Å². The van der Waals surface area contributed by atoms with Gasteiger partial charge >= 0.3 is 0 Å². The Morgan fingerprint density at radius 3 is 2.77 bits per heavy atom. The van der Waals surface area contributed by atoms with E-state index in [2.05, 4.69) is 34.7 Å². The second-order valence-corrected chi connectivity index (χ2v) is 7.21. The summed E-state index contributed by atoms with van der Waals surface area (Å²) in [5, 5.41) is 9.66. The Kier molecular flexibility index (Phi) is 8.47. The number of nitrogens with zero attached hydrogens (tertiary/aromatic N) is 2. The third-order valence-electron chi connectivity index (χ3n) is 4.43. The molecule has 1 fully saturated rings. The summed E-state index contributed by atoms with van der Waals surface area (Å²) in [6.45, 7) is 8.25. The first-order valence-corrected chi connectivity index (χ1v) is 9.57. The monoisotopic (exact) mass is 363 g/mol. The Balaban J connectivity index is 1.78. The molecule has 1 aliphatic rings. The van der Waals surface area contributed by atoms with Gasteiger partial charge < -0.3 is 20.4 Å². The van der Waals surface area contributed by atoms with Crippen molar-refractivity contribution >= 4 is 11.9 Å². The van der Waals surface area contributed by atoms with Crippen molar-refractivity contribution in [2.24, 2.45) is 10.9 Å². The number of carbonyl (C=O) groups excluding carboxylic acids is 1. The average Bonchev–Trinajstić information content (AvgIpc) is 3.14.